The third-order valence-electron chi connectivity index (χ3n) is 3.83. The topological polar surface area (TPSA) is 63.6 Å². The number of benzene rings is 1. The van der Waals surface area contributed by atoms with Gasteiger partial charge in [0.15, 0.2) is 0 Å². The lowest BCUT2D eigenvalue weighted by Crippen LogP contribution is -2.19. The molecule has 1 N–H and O–H groups in total. The van der Waals surface area contributed by atoms with E-state index in [0.717, 1.165) is 31.2 Å². The number of hydrogen-bond acceptors (Lipinski definition) is 3. The summed E-state index contributed by atoms with van der Waals surface area (Å²) in [6.45, 7) is 3.74. The molecule has 1 fully saturated rings. The van der Waals surface area contributed by atoms with Crippen LogP contribution in [0.4, 0.5) is 0 Å². The molecule has 5 heteroatoms. The first-order chi connectivity index (χ1) is 9.38. The maximum absolute atomic E-state index is 11.5. The fourth-order valence-electron chi connectivity index (χ4n) is 2.78. The van der Waals surface area contributed by atoms with Crippen molar-refractivity contribution in [1.29, 1.82) is 0 Å². The van der Waals surface area contributed by atoms with Crippen molar-refractivity contribution in [3.8, 4) is 0 Å². The number of ether oxygens (including phenoxy) is 1. The van der Waals surface area contributed by atoms with Gasteiger partial charge in [-0.15, -0.1) is 0 Å². The van der Waals surface area contributed by atoms with Gasteiger partial charge in [0, 0.05) is 5.56 Å². The first kappa shape index (κ1) is 15.5. The molecule has 0 radical (unpaired) electrons. The van der Waals surface area contributed by atoms with Crippen LogP contribution in [0.2, 0.25) is 0 Å². The van der Waals surface area contributed by atoms with Gasteiger partial charge >= 0.3 is 0 Å². The number of hydrogen-bond donors (Lipinski definition) is 1. The quantitative estimate of drug-likeness (QED) is 0.862. The van der Waals surface area contributed by atoms with E-state index in [4.69, 9.17) is 4.74 Å². The van der Waals surface area contributed by atoms with Crippen molar-refractivity contribution in [2.24, 2.45) is 0 Å². The second-order valence-corrected chi connectivity index (χ2v) is 6.94. The van der Waals surface area contributed by atoms with Crippen LogP contribution in [0.1, 0.15) is 56.3 Å². The van der Waals surface area contributed by atoms with Crippen LogP contribution in [-0.2, 0) is 14.9 Å². The van der Waals surface area contributed by atoms with Crippen LogP contribution in [-0.4, -0.2) is 19.1 Å². The van der Waals surface area contributed by atoms with Crippen LogP contribution in [0, 0.1) is 6.92 Å². The summed E-state index contributed by atoms with van der Waals surface area (Å²) in [6, 6.07) is 4.90. The van der Waals surface area contributed by atoms with Crippen molar-refractivity contribution in [3.63, 3.8) is 0 Å². The first-order valence-electron chi connectivity index (χ1n) is 7.11. The van der Waals surface area contributed by atoms with E-state index in [0.29, 0.717) is 5.56 Å². The van der Waals surface area contributed by atoms with Crippen LogP contribution in [0.25, 0.3) is 0 Å². The van der Waals surface area contributed by atoms with Gasteiger partial charge in [0.1, 0.15) is 0 Å². The minimum Gasteiger partial charge on any atom is -0.371 e. The summed E-state index contributed by atoms with van der Waals surface area (Å²) >= 11 is 0. The van der Waals surface area contributed by atoms with Gasteiger partial charge < -0.3 is 4.74 Å². The van der Waals surface area contributed by atoms with Crippen LogP contribution >= 0.6 is 0 Å². The molecular weight excluding hydrogens is 276 g/mol. The molecule has 1 unspecified atom stereocenters. The highest BCUT2D eigenvalue weighted by Gasteiger charge is 2.23. The summed E-state index contributed by atoms with van der Waals surface area (Å²) in [7, 11) is -4.22. The van der Waals surface area contributed by atoms with Crippen LogP contribution in [0.5, 0.6) is 0 Å². The van der Waals surface area contributed by atoms with Crippen LogP contribution in [0.15, 0.2) is 23.1 Å². The Balaban J connectivity index is 2.23. The third-order valence-corrected chi connectivity index (χ3v) is 4.76. The third kappa shape index (κ3) is 3.81. The van der Waals surface area contributed by atoms with Crippen molar-refractivity contribution < 1.29 is 17.7 Å². The molecule has 1 aliphatic carbocycles. The molecule has 0 aliphatic heterocycles. The zero-order valence-corrected chi connectivity index (χ0v) is 12.8. The highest BCUT2D eigenvalue weighted by atomic mass is 32.2. The average Bonchev–Trinajstić information content (AvgIpc) is 2.38. The largest absolute Gasteiger partial charge is 0.371 e. The summed E-state index contributed by atoms with van der Waals surface area (Å²) in [6.07, 6.45) is 5.47. The van der Waals surface area contributed by atoms with Gasteiger partial charge in [-0.2, -0.15) is 8.42 Å². The van der Waals surface area contributed by atoms with E-state index in [9.17, 15) is 13.0 Å². The van der Waals surface area contributed by atoms with Crippen molar-refractivity contribution in [2.75, 3.05) is 0 Å². The lowest BCUT2D eigenvalue weighted by Gasteiger charge is -2.26. The van der Waals surface area contributed by atoms with E-state index >= 15 is 0 Å². The predicted molar refractivity (Wildman–Crippen MR) is 77.4 cm³/mol. The fourth-order valence-corrected chi connectivity index (χ4v) is 3.55. The molecule has 1 saturated carbocycles. The van der Waals surface area contributed by atoms with Gasteiger partial charge in [0.2, 0.25) is 0 Å². The fraction of sp³-hybridized carbons (Fsp3) is 0.600. The van der Waals surface area contributed by atoms with Gasteiger partial charge in [-0.05, 0) is 32.8 Å². The summed E-state index contributed by atoms with van der Waals surface area (Å²) in [4.78, 5) is -0.0496. The Hall–Kier alpha value is -0.910. The van der Waals surface area contributed by atoms with Gasteiger partial charge in [-0.3, -0.25) is 4.55 Å². The number of rotatable bonds is 4. The maximum atomic E-state index is 11.5. The molecule has 1 aliphatic rings. The minimum absolute atomic E-state index is 0.0496. The average molecular weight is 298 g/mol. The van der Waals surface area contributed by atoms with Crippen molar-refractivity contribution in [2.45, 2.75) is 63.1 Å². The molecule has 0 amide bonds. The predicted octanol–water partition coefficient (Wildman–Crippen LogP) is 3.65. The lowest BCUT2D eigenvalue weighted by molar-refractivity contribution is -0.0235. The van der Waals surface area contributed by atoms with E-state index < -0.39 is 10.1 Å². The molecule has 2 rings (SSSR count). The van der Waals surface area contributed by atoms with Crippen molar-refractivity contribution in [1.82, 2.24) is 0 Å². The molecular formula is C15H22O4S. The Morgan fingerprint density at radius 2 is 1.90 bits per heavy atom. The van der Waals surface area contributed by atoms with Gasteiger partial charge in [-0.25, -0.2) is 0 Å². The van der Waals surface area contributed by atoms with Crippen molar-refractivity contribution in [3.05, 3.63) is 29.3 Å². The molecule has 1 aromatic rings. The summed E-state index contributed by atoms with van der Waals surface area (Å²) < 4.78 is 38.2. The Bertz CT molecular complexity index is 559. The van der Waals surface area contributed by atoms with Crippen LogP contribution in [0.3, 0.4) is 0 Å². The normalized spacial score (nSPS) is 18.9. The second kappa shape index (κ2) is 6.24. The Morgan fingerprint density at radius 3 is 2.50 bits per heavy atom. The highest BCUT2D eigenvalue weighted by Crippen LogP contribution is 2.30. The van der Waals surface area contributed by atoms with Gasteiger partial charge in [0.05, 0.1) is 17.1 Å². The molecule has 0 bridgehead atoms. The zero-order chi connectivity index (χ0) is 14.8. The molecule has 4 nitrogen and oxygen atoms in total. The second-order valence-electron chi connectivity index (χ2n) is 5.55. The van der Waals surface area contributed by atoms with E-state index in [-0.39, 0.29) is 17.1 Å². The summed E-state index contributed by atoms with van der Waals surface area (Å²) in [5.41, 5.74) is 1.49. The molecule has 1 atom stereocenters. The summed E-state index contributed by atoms with van der Waals surface area (Å²) in [5, 5.41) is 0. The standard InChI is InChI=1S/C15H22O4S/c1-11-8-9-15(20(16,17)18)14(10-11)12(2)19-13-6-4-3-5-7-13/h8-10,12-13H,3-7H2,1-2H3,(H,16,17,18). The Labute approximate surface area is 120 Å². The first-order valence-corrected chi connectivity index (χ1v) is 8.55. The SMILES string of the molecule is Cc1ccc(S(=O)(=O)O)c(C(C)OC2CCCCC2)c1. The molecule has 0 heterocycles. The minimum atomic E-state index is -4.22. The van der Waals surface area contributed by atoms with Crippen LogP contribution < -0.4 is 0 Å². The van der Waals surface area contributed by atoms with E-state index in [1.165, 1.54) is 12.5 Å². The highest BCUT2D eigenvalue weighted by molar-refractivity contribution is 7.85. The molecule has 1 aromatic carbocycles. The maximum Gasteiger partial charge on any atom is 0.294 e. The molecule has 0 spiro atoms. The van der Waals surface area contributed by atoms with E-state index in [2.05, 4.69) is 0 Å². The lowest BCUT2D eigenvalue weighted by atomic mass is 9.97. The van der Waals surface area contributed by atoms with Gasteiger partial charge in [0.25, 0.3) is 10.1 Å². The molecule has 0 aromatic heterocycles. The van der Waals surface area contributed by atoms with E-state index in [1.807, 2.05) is 13.8 Å². The number of aryl methyl sites for hydroxylation is 1. The smallest absolute Gasteiger partial charge is 0.294 e. The van der Waals surface area contributed by atoms with Crippen molar-refractivity contribution >= 4 is 10.1 Å². The monoisotopic (exact) mass is 298 g/mol. The molecule has 20 heavy (non-hydrogen) atoms. The van der Waals surface area contributed by atoms with E-state index in [1.54, 1.807) is 12.1 Å². The zero-order valence-electron chi connectivity index (χ0n) is 12.0. The Kier molecular flexibility index (Phi) is 4.83. The van der Waals surface area contributed by atoms with Gasteiger partial charge in [-0.1, -0.05) is 37.0 Å². The summed E-state index contributed by atoms with van der Waals surface area (Å²) in [5.74, 6) is 0. The molecule has 112 valence electrons. The Morgan fingerprint density at radius 1 is 1.25 bits per heavy atom. The molecule has 0 saturated heterocycles.